The van der Waals surface area contributed by atoms with Crippen molar-refractivity contribution in [3.05, 3.63) is 78.1 Å². The third-order valence-electron chi connectivity index (χ3n) is 6.25. The topological polar surface area (TPSA) is 101 Å². The van der Waals surface area contributed by atoms with Crippen molar-refractivity contribution in [2.45, 2.75) is 32.9 Å². The normalized spacial score (nSPS) is 14.4. The van der Waals surface area contributed by atoms with Gasteiger partial charge in [0, 0.05) is 45.1 Å². The van der Waals surface area contributed by atoms with E-state index in [9.17, 15) is 9.59 Å². The first-order valence-corrected chi connectivity index (χ1v) is 12.7. The van der Waals surface area contributed by atoms with Gasteiger partial charge in [0.15, 0.2) is 5.58 Å². The summed E-state index contributed by atoms with van der Waals surface area (Å²) in [5.41, 5.74) is 3.76. The van der Waals surface area contributed by atoms with Crippen LogP contribution in [-0.2, 0) is 11.3 Å². The molecule has 5 rings (SSSR count). The molecule has 2 amide bonds. The number of hydrogen-bond acceptors (Lipinski definition) is 7. The first kappa shape index (κ1) is 25.4. The Balaban J connectivity index is 1.32. The van der Waals surface area contributed by atoms with Crippen LogP contribution < -0.4 is 5.32 Å². The maximum absolute atomic E-state index is 12.7. The molecule has 196 valence electrons. The molecule has 0 unspecified atom stereocenters. The zero-order chi connectivity index (χ0) is 26.7. The number of nitrogens with one attached hydrogen (secondary N) is 1. The molecule has 0 spiro atoms. The van der Waals surface area contributed by atoms with Crippen molar-refractivity contribution in [2.75, 3.05) is 31.5 Å². The fourth-order valence-corrected chi connectivity index (χ4v) is 4.37. The van der Waals surface area contributed by atoms with Gasteiger partial charge in [0.05, 0.1) is 16.8 Å². The molecule has 38 heavy (non-hydrogen) atoms. The van der Waals surface area contributed by atoms with E-state index in [0.717, 1.165) is 24.2 Å². The molecule has 0 bridgehead atoms. The summed E-state index contributed by atoms with van der Waals surface area (Å²) in [5.74, 6) is 0.178. The van der Waals surface area contributed by atoms with Crippen LogP contribution in [0.15, 0.2) is 71.4 Å². The number of piperazine rings is 1. The van der Waals surface area contributed by atoms with Gasteiger partial charge in [-0.2, -0.15) is 0 Å². The fraction of sp³-hybridized carbons (Fsp3) is 0.310. The van der Waals surface area contributed by atoms with E-state index in [-0.39, 0.29) is 12.0 Å². The quantitative estimate of drug-likeness (QED) is 0.392. The molecule has 1 aliphatic rings. The summed E-state index contributed by atoms with van der Waals surface area (Å²) < 4.78 is 11.7. The number of aromatic nitrogens is 2. The van der Waals surface area contributed by atoms with Gasteiger partial charge in [0.1, 0.15) is 11.1 Å². The summed E-state index contributed by atoms with van der Waals surface area (Å²) in [4.78, 5) is 38.0. The SMILES string of the molecule is CC(C)(C)OC(=O)N1CCN(Cc2cccc3oc(-c4ccccc4NC(=O)c4cccnc4)nc23)CC1. The molecule has 2 aromatic carbocycles. The van der Waals surface area contributed by atoms with Crippen LogP contribution in [0, 0.1) is 0 Å². The minimum atomic E-state index is -0.505. The second kappa shape index (κ2) is 10.6. The molecule has 4 aromatic rings. The number of pyridine rings is 1. The molecular weight excluding hydrogens is 482 g/mol. The number of rotatable bonds is 5. The fourth-order valence-electron chi connectivity index (χ4n) is 4.37. The predicted octanol–water partition coefficient (Wildman–Crippen LogP) is 5.19. The Labute approximate surface area is 221 Å². The summed E-state index contributed by atoms with van der Waals surface area (Å²) in [6.07, 6.45) is 2.88. The molecule has 0 atom stereocenters. The Morgan fingerprint density at radius 3 is 2.53 bits per heavy atom. The van der Waals surface area contributed by atoms with E-state index in [1.807, 2.05) is 63.2 Å². The molecule has 0 radical (unpaired) electrons. The lowest BCUT2D eigenvalue weighted by atomic mass is 10.1. The number of para-hydroxylation sites is 2. The molecule has 1 saturated heterocycles. The molecule has 1 aliphatic heterocycles. The highest BCUT2D eigenvalue weighted by molar-refractivity contribution is 6.05. The van der Waals surface area contributed by atoms with Crippen molar-refractivity contribution in [1.82, 2.24) is 19.8 Å². The Morgan fingerprint density at radius 2 is 1.79 bits per heavy atom. The number of carbonyl (C=O) groups is 2. The number of oxazole rings is 1. The standard InChI is InChI=1S/C29H31N5O4/c1-29(2,3)38-28(36)34-16-14-33(15-17-34)19-21-8-6-12-24-25(21)32-27(37-24)22-10-4-5-11-23(22)31-26(35)20-9-7-13-30-18-20/h4-13,18H,14-17,19H2,1-3H3,(H,31,35). The Bertz CT molecular complexity index is 1440. The minimum Gasteiger partial charge on any atom is -0.444 e. The first-order chi connectivity index (χ1) is 18.3. The second-order valence-electron chi connectivity index (χ2n) is 10.3. The maximum Gasteiger partial charge on any atom is 0.410 e. The van der Waals surface area contributed by atoms with Crippen LogP contribution >= 0.6 is 0 Å². The van der Waals surface area contributed by atoms with Gasteiger partial charge in [-0.15, -0.1) is 0 Å². The van der Waals surface area contributed by atoms with E-state index in [2.05, 4.69) is 15.2 Å². The maximum atomic E-state index is 12.7. The van der Waals surface area contributed by atoms with Gasteiger partial charge in [-0.1, -0.05) is 24.3 Å². The van der Waals surface area contributed by atoms with E-state index >= 15 is 0 Å². The molecular formula is C29H31N5O4. The van der Waals surface area contributed by atoms with Crippen LogP contribution in [0.5, 0.6) is 0 Å². The van der Waals surface area contributed by atoms with Gasteiger partial charge in [-0.25, -0.2) is 9.78 Å². The van der Waals surface area contributed by atoms with E-state index in [1.54, 1.807) is 23.2 Å². The monoisotopic (exact) mass is 513 g/mol. The van der Waals surface area contributed by atoms with Crippen molar-refractivity contribution in [3.63, 3.8) is 0 Å². The molecule has 0 saturated carbocycles. The number of ether oxygens (including phenoxy) is 1. The first-order valence-electron chi connectivity index (χ1n) is 12.7. The summed E-state index contributed by atoms with van der Waals surface area (Å²) in [7, 11) is 0. The molecule has 9 heteroatoms. The van der Waals surface area contributed by atoms with Gasteiger partial charge in [-0.05, 0) is 56.7 Å². The van der Waals surface area contributed by atoms with Crippen molar-refractivity contribution in [3.8, 4) is 11.5 Å². The van der Waals surface area contributed by atoms with Gasteiger partial charge < -0.3 is 19.4 Å². The zero-order valence-corrected chi connectivity index (χ0v) is 21.8. The summed E-state index contributed by atoms with van der Waals surface area (Å²) in [6.45, 7) is 9.01. The lowest BCUT2D eigenvalue weighted by Gasteiger charge is -2.35. The highest BCUT2D eigenvalue weighted by Gasteiger charge is 2.26. The molecule has 0 aliphatic carbocycles. The third-order valence-corrected chi connectivity index (χ3v) is 6.25. The second-order valence-corrected chi connectivity index (χ2v) is 10.3. The summed E-state index contributed by atoms with van der Waals surface area (Å²) >= 11 is 0. The van der Waals surface area contributed by atoms with Crippen LogP contribution in [0.4, 0.5) is 10.5 Å². The third kappa shape index (κ3) is 5.84. The number of benzene rings is 2. The number of nitrogens with zero attached hydrogens (tertiary/aromatic N) is 4. The Hall–Kier alpha value is -4.24. The molecule has 1 N–H and O–H groups in total. The number of amides is 2. The van der Waals surface area contributed by atoms with E-state index in [1.165, 1.54) is 6.20 Å². The van der Waals surface area contributed by atoms with Crippen molar-refractivity contribution < 1.29 is 18.7 Å². The van der Waals surface area contributed by atoms with Crippen molar-refractivity contribution >= 4 is 28.8 Å². The number of anilines is 1. The number of fused-ring (bicyclic) bond motifs is 1. The Morgan fingerprint density at radius 1 is 1.00 bits per heavy atom. The van der Waals surface area contributed by atoms with E-state index < -0.39 is 5.60 Å². The zero-order valence-electron chi connectivity index (χ0n) is 21.8. The molecule has 1 fully saturated rings. The highest BCUT2D eigenvalue weighted by atomic mass is 16.6. The van der Waals surface area contributed by atoms with Gasteiger partial charge in [-0.3, -0.25) is 14.7 Å². The average Bonchev–Trinajstić information content (AvgIpc) is 3.34. The average molecular weight is 514 g/mol. The van der Waals surface area contributed by atoms with Crippen LogP contribution in [-0.4, -0.2) is 63.5 Å². The van der Waals surface area contributed by atoms with Crippen molar-refractivity contribution in [2.24, 2.45) is 0 Å². The predicted molar refractivity (Wildman–Crippen MR) is 145 cm³/mol. The largest absolute Gasteiger partial charge is 0.444 e. The smallest absolute Gasteiger partial charge is 0.410 e. The van der Waals surface area contributed by atoms with Gasteiger partial charge >= 0.3 is 6.09 Å². The van der Waals surface area contributed by atoms with Crippen LogP contribution in [0.3, 0.4) is 0 Å². The minimum absolute atomic E-state index is 0.257. The van der Waals surface area contributed by atoms with Gasteiger partial charge in [0.2, 0.25) is 5.89 Å². The van der Waals surface area contributed by atoms with Gasteiger partial charge in [0.25, 0.3) is 5.91 Å². The highest BCUT2D eigenvalue weighted by Crippen LogP contribution is 2.32. The lowest BCUT2D eigenvalue weighted by molar-refractivity contribution is 0.0139. The number of hydrogen-bond donors (Lipinski definition) is 1. The van der Waals surface area contributed by atoms with E-state index in [0.29, 0.717) is 47.9 Å². The molecule has 9 nitrogen and oxygen atoms in total. The molecule has 3 heterocycles. The van der Waals surface area contributed by atoms with Crippen LogP contribution in [0.2, 0.25) is 0 Å². The Kier molecular flexibility index (Phi) is 7.11. The lowest BCUT2D eigenvalue weighted by Crippen LogP contribution is -2.49. The van der Waals surface area contributed by atoms with E-state index in [4.69, 9.17) is 14.1 Å². The molecule has 2 aromatic heterocycles. The van der Waals surface area contributed by atoms with Crippen LogP contribution in [0.1, 0.15) is 36.7 Å². The van der Waals surface area contributed by atoms with Crippen LogP contribution in [0.25, 0.3) is 22.6 Å². The number of carbonyl (C=O) groups excluding carboxylic acids is 2. The summed E-state index contributed by atoms with van der Waals surface area (Å²) in [6, 6.07) is 16.8. The van der Waals surface area contributed by atoms with Crippen molar-refractivity contribution in [1.29, 1.82) is 0 Å². The summed E-state index contributed by atoms with van der Waals surface area (Å²) in [5, 5.41) is 2.95.